The Morgan fingerprint density at radius 2 is 1.70 bits per heavy atom. The number of benzene rings is 2. The number of hydrogen-bond acceptors (Lipinski definition) is 1. The van der Waals surface area contributed by atoms with Gasteiger partial charge in [0.05, 0.1) is 9.09 Å². The largest absolute Gasteiger partial charge is 0.310 e. The van der Waals surface area contributed by atoms with Gasteiger partial charge in [0, 0.05) is 22.5 Å². The molecule has 0 aliphatic rings. The first kappa shape index (κ1) is 13.8. The number of hydrogen-bond donors (Lipinski definition) is 0. The third-order valence-corrected chi connectivity index (χ3v) is 4.91. The van der Waals surface area contributed by atoms with Crippen LogP contribution in [0.3, 0.4) is 0 Å². The Labute approximate surface area is 138 Å². The van der Waals surface area contributed by atoms with Crippen molar-refractivity contribution in [2.75, 3.05) is 0 Å². The van der Waals surface area contributed by atoms with E-state index in [0.29, 0.717) is 0 Å². The van der Waals surface area contributed by atoms with Crippen LogP contribution in [0.5, 0.6) is 0 Å². The minimum Gasteiger partial charge on any atom is -0.310 e. The van der Waals surface area contributed by atoms with Gasteiger partial charge in [0.1, 0.15) is 0 Å². The molecule has 0 unspecified atom stereocenters. The number of fused-ring (bicyclic) bond motifs is 1. The number of rotatable bonds is 1. The van der Waals surface area contributed by atoms with Crippen LogP contribution in [0.25, 0.3) is 22.0 Å². The second kappa shape index (κ2) is 5.33. The quantitative estimate of drug-likeness (QED) is 0.509. The van der Waals surface area contributed by atoms with E-state index in [2.05, 4.69) is 44.6 Å². The number of aryl methyl sites for hydroxylation is 1. The van der Waals surface area contributed by atoms with Gasteiger partial charge in [-0.05, 0) is 46.4 Å². The lowest BCUT2D eigenvalue weighted by molar-refractivity contribution is 0.899. The van der Waals surface area contributed by atoms with Gasteiger partial charge in [-0.2, -0.15) is 0 Å². The fourth-order valence-corrected chi connectivity index (χ4v) is 3.59. The Morgan fingerprint density at radius 1 is 1.05 bits per heavy atom. The van der Waals surface area contributed by atoms with Crippen LogP contribution in [-0.2, 0) is 7.05 Å². The van der Waals surface area contributed by atoms with Gasteiger partial charge in [0.25, 0.3) is 5.56 Å². The van der Waals surface area contributed by atoms with Gasteiger partial charge in [0.2, 0.25) is 0 Å². The Bertz CT molecular complexity index is 853. The first-order chi connectivity index (χ1) is 9.59. The van der Waals surface area contributed by atoms with E-state index in [4.69, 9.17) is 0 Å². The molecule has 0 aliphatic heterocycles. The summed E-state index contributed by atoms with van der Waals surface area (Å²) in [5.74, 6) is 0. The predicted octanol–water partition coefficient (Wildman–Crippen LogP) is 4.57. The maximum absolute atomic E-state index is 12.4. The Kier molecular flexibility index (Phi) is 3.69. The standard InChI is InChI=1S/C16H11BrINO/c1-19-13-5-3-2-4-12(13)14(15(18)16(19)20)10-6-8-11(17)9-7-10/h2-9H,1H3. The number of para-hydroxylation sites is 1. The van der Waals surface area contributed by atoms with Gasteiger partial charge in [-0.1, -0.05) is 46.3 Å². The lowest BCUT2D eigenvalue weighted by Gasteiger charge is -2.13. The molecule has 0 atom stereocenters. The molecule has 4 heteroatoms. The van der Waals surface area contributed by atoms with E-state index in [-0.39, 0.29) is 5.56 Å². The third-order valence-electron chi connectivity index (χ3n) is 3.38. The number of nitrogens with zero attached hydrogens (tertiary/aromatic N) is 1. The van der Waals surface area contributed by atoms with Gasteiger partial charge in [-0.25, -0.2) is 0 Å². The molecule has 0 saturated heterocycles. The molecule has 0 spiro atoms. The minimum absolute atomic E-state index is 0.0437. The number of pyridine rings is 1. The zero-order chi connectivity index (χ0) is 14.3. The molecule has 0 saturated carbocycles. The molecular formula is C16H11BrINO. The summed E-state index contributed by atoms with van der Waals surface area (Å²) in [6.07, 6.45) is 0. The predicted molar refractivity (Wildman–Crippen MR) is 95.0 cm³/mol. The lowest BCUT2D eigenvalue weighted by atomic mass is 10.0. The Morgan fingerprint density at radius 3 is 2.40 bits per heavy atom. The van der Waals surface area contributed by atoms with Crippen LogP contribution >= 0.6 is 38.5 Å². The van der Waals surface area contributed by atoms with Crippen LogP contribution < -0.4 is 5.56 Å². The van der Waals surface area contributed by atoms with E-state index in [1.165, 1.54) is 0 Å². The van der Waals surface area contributed by atoms with Gasteiger partial charge in [0.15, 0.2) is 0 Å². The first-order valence-corrected chi connectivity index (χ1v) is 8.00. The SMILES string of the molecule is Cn1c(=O)c(I)c(-c2ccc(Br)cc2)c2ccccc21. The van der Waals surface area contributed by atoms with Crippen molar-refractivity contribution in [2.24, 2.45) is 7.05 Å². The van der Waals surface area contributed by atoms with Crippen molar-refractivity contribution in [3.05, 3.63) is 66.9 Å². The van der Waals surface area contributed by atoms with E-state index in [9.17, 15) is 4.79 Å². The Hall–Kier alpha value is -1.14. The molecule has 2 aromatic carbocycles. The summed E-state index contributed by atoms with van der Waals surface area (Å²) in [5.41, 5.74) is 3.07. The van der Waals surface area contributed by atoms with Crippen LogP contribution in [0.4, 0.5) is 0 Å². The Balaban J connectivity index is 2.46. The monoisotopic (exact) mass is 439 g/mol. The molecule has 20 heavy (non-hydrogen) atoms. The van der Waals surface area contributed by atoms with E-state index in [1.807, 2.05) is 49.5 Å². The summed E-state index contributed by atoms with van der Waals surface area (Å²) >= 11 is 5.59. The van der Waals surface area contributed by atoms with E-state index >= 15 is 0 Å². The average molecular weight is 440 g/mol. The lowest BCUT2D eigenvalue weighted by Crippen LogP contribution is -2.20. The normalized spacial score (nSPS) is 10.9. The average Bonchev–Trinajstić information content (AvgIpc) is 2.47. The van der Waals surface area contributed by atoms with Crippen LogP contribution in [0.15, 0.2) is 57.8 Å². The van der Waals surface area contributed by atoms with E-state index in [0.717, 1.165) is 30.1 Å². The van der Waals surface area contributed by atoms with Crippen molar-refractivity contribution in [3.8, 4) is 11.1 Å². The molecule has 100 valence electrons. The topological polar surface area (TPSA) is 22.0 Å². The zero-order valence-corrected chi connectivity index (χ0v) is 14.5. The number of aromatic nitrogens is 1. The minimum atomic E-state index is 0.0437. The fraction of sp³-hybridized carbons (Fsp3) is 0.0625. The second-order valence-electron chi connectivity index (χ2n) is 4.58. The van der Waals surface area contributed by atoms with E-state index < -0.39 is 0 Å². The van der Waals surface area contributed by atoms with Crippen molar-refractivity contribution in [1.29, 1.82) is 0 Å². The highest BCUT2D eigenvalue weighted by atomic mass is 127. The highest BCUT2D eigenvalue weighted by Crippen LogP contribution is 2.31. The maximum atomic E-state index is 12.4. The zero-order valence-electron chi connectivity index (χ0n) is 10.7. The van der Waals surface area contributed by atoms with Crippen molar-refractivity contribution in [2.45, 2.75) is 0 Å². The number of halogens is 2. The summed E-state index contributed by atoms with van der Waals surface area (Å²) in [5, 5.41) is 1.10. The summed E-state index contributed by atoms with van der Waals surface area (Å²) in [6.45, 7) is 0. The van der Waals surface area contributed by atoms with Crippen LogP contribution in [-0.4, -0.2) is 4.57 Å². The molecule has 0 fully saturated rings. The highest BCUT2D eigenvalue weighted by Gasteiger charge is 2.14. The summed E-state index contributed by atoms with van der Waals surface area (Å²) in [4.78, 5) is 12.4. The van der Waals surface area contributed by atoms with Gasteiger partial charge < -0.3 is 4.57 Å². The molecule has 0 amide bonds. The second-order valence-corrected chi connectivity index (χ2v) is 6.57. The summed E-state index contributed by atoms with van der Waals surface area (Å²) in [7, 11) is 1.82. The highest BCUT2D eigenvalue weighted by molar-refractivity contribution is 14.1. The summed E-state index contributed by atoms with van der Waals surface area (Å²) in [6, 6.07) is 16.1. The third kappa shape index (κ3) is 2.20. The van der Waals surface area contributed by atoms with Crippen molar-refractivity contribution < 1.29 is 0 Å². The van der Waals surface area contributed by atoms with E-state index in [1.54, 1.807) is 4.57 Å². The fourth-order valence-electron chi connectivity index (χ4n) is 2.36. The molecule has 1 aromatic heterocycles. The van der Waals surface area contributed by atoms with Crippen LogP contribution in [0.1, 0.15) is 0 Å². The van der Waals surface area contributed by atoms with Gasteiger partial charge >= 0.3 is 0 Å². The molecule has 3 rings (SSSR count). The van der Waals surface area contributed by atoms with Crippen molar-refractivity contribution in [3.63, 3.8) is 0 Å². The van der Waals surface area contributed by atoms with Crippen molar-refractivity contribution >= 4 is 49.4 Å². The summed E-state index contributed by atoms with van der Waals surface area (Å²) < 4.78 is 3.50. The molecular weight excluding hydrogens is 429 g/mol. The molecule has 0 N–H and O–H groups in total. The van der Waals surface area contributed by atoms with Crippen LogP contribution in [0.2, 0.25) is 0 Å². The molecule has 3 aromatic rings. The molecule has 0 radical (unpaired) electrons. The molecule has 1 heterocycles. The molecule has 0 aliphatic carbocycles. The van der Waals surface area contributed by atoms with Crippen molar-refractivity contribution in [1.82, 2.24) is 4.57 Å². The van der Waals surface area contributed by atoms with Crippen LogP contribution in [0, 0.1) is 3.57 Å². The molecule has 0 bridgehead atoms. The van der Waals surface area contributed by atoms with Gasteiger partial charge in [-0.3, -0.25) is 4.79 Å². The molecule has 2 nitrogen and oxygen atoms in total. The van der Waals surface area contributed by atoms with Gasteiger partial charge in [-0.15, -0.1) is 0 Å². The first-order valence-electron chi connectivity index (χ1n) is 6.13. The maximum Gasteiger partial charge on any atom is 0.264 e. The smallest absolute Gasteiger partial charge is 0.264 e.